The highest BCUT2D eigenvalue weighted by molar-refractivity contribution is 5.76. The molecule has 0 aromatic heterocycles. The lowest BCUT2D eigenvalue weighted by Crippen LogP contribution is -2.33. The predicted octanol–water partition coefficient (Wildman–Crippen LogP) is 0.780. The van der Waals surface area contributed by atoms with Gasteiger partial charge >= 0.3 is 0 Å². The average molecular weight is 212 g/mol. The molecule has 0 bridgehead atoms. The van der Waals surface area contributed by atoms with Crippen molar-refractivity contribution in [2.75, 3.05) is 13.2 Å². The number of carbonyl (C=O) groups is 1. The van der Waals surface area contributed by atoms with Crippen LogP contribution >= 0.6 is 0 Å². The Balaban J connectivity index is 1.95. The second kappa shape index (κ2) is 6.45. The first-order valence-electron chi connectivity index (χ1n) is 5.49. The van der Waals surface area contributed by atoms with Gasteiger partial charge in [-0.25, -0.2) is 0 Å². The van der Waals surface area contributed by atoms with Gasteiger partial charge < -0.3 is 15.8 Å². The second-order valence-corrected chi connectivity index (χ2v) is 3.95. The number of hydrogen-bond donors (Lipinski definition) is 2. The Morgan fingerprint density at radius 1 is 1.67 bits per heavy atom. The summed E-state index contributed by atoms with van der Waals surface area (Å²) in [5.41, 5.74) is 5.83. The van der Waals surface area contributed by atoms with Gasteiger partial charge in [-0.1, -0.05) is 6.58 Å². The van der Waals surface area contributed by atoms with Gasteiger partial charge in [0, 0.05) is 19.0 Å². The van der Waals surface area contributed by atoms with Gasteiger partial charge in [-0.15, -0.1) is 0 Å². The Bertz CT molecular complexity index is 215. The lowest BCUT2D eigenvalue weighted by Gasteiger charge is -2.10. The quantitative estimate of drug-likeness (QED) is 0.461. The lowest BCUT2D eigenvalue weighted by molar-refractivity contribution is -0.121. The van der Waals surface area contributed by atoms with Crippen molar-refractivity contribution >= 4 is 5.91 Å². The first-order valence-corrected chi connectivity index (χ1v) is 5.49. The van der Waals surface area contributed by atoms with E-state index < -0.39 is 0 Å². The van der Waals surface area contributed by atoms with E-state index in [1.165, 1.54) is 19.1 Å². The molecule has 15 heavy (non-hydrogen) atoms. The number of carbonyl (C=O) groups excluding carboxylic acids is 1. The number of hydrogen-bond acceptors (Lipinski definition) is 3. The van der Waals surface area contributed by atoms with Crippen LogP contribution in [0.15, 0.2) is 12.8 Å². The topological polar surface area (TPSA) is 64.3 Å². The monoisotopic (exact) mass is 212 g/mol. The molecule has 0 aromatic carbocycles. The number of amides is 1. The predicted molar refractivity (Wildman–Crippen MR) is 59.1 cm³/mol. The zero-order chi connectivity index (χ0) is 11.1. The highest BCUT2D eigenvalue weighted by Crippen LogP contribution is 2.32. The molecule has 0 heterocycles. The normalized spacial score (nSPS) is 16.9. The Labute approximate surface area is 90.9 Å². The molecule has 1 aliphatic carbocycles. The maximum absolute atomic E-state index is 11.4. The summed E-state index contributed by atoms with van der Waals surface area (Å²) in [4.78, 5) is 11.4. The van der Waals surface area contributed by atoms with Gasteiger partial charge in [-0.2, -0.15) is 0 Å². The van der Waals surface area contributed by atoms with Gasteiger partial charge in [-0.3, -0.25) is 4.79 Å². The Hall–Kier alpha value is -1.03. The van der Waals surface area contributed by atoms with Crippen LogP contribution in [0.25, 0.3) is 0 Å². The molecular weight excluding hydrogens is 192 g/mol. The first kappa shape index (κ1) is 12.0. The van der Waals surface area contributed by atoms with E-state index in [2.05, 4.69) is 11.9 Å². The smallest absolute Gasteiger partial charge is 0.221 e. The third-order valence-corrected chi connectivity index (χ3v) is 2.53. The van der Waals surface area contributed by atoms with Crippen molar-refractivity contribution in [1.29, 1.82) is 0 Å². The number of nitrogens with one attached hydrogen (secondary N) is 1. The van der Waals surface area contributed by atoms with E-state index in [-0.39, 0.29) is 11.9 Å². The largest absolute Gasteiger partial charge is 0.502 e. The number of ether oxygens (including phenoxy) is 1. The van der Waals surface area contributed by atoms with E-state index >= 15 is 0 Å². The maximum atomic E-state index is 11.4. The molecule has 1 atom stereocenters. The molecule has 1 saturated carbocycles. The summed E-state index contributed by atoms with van der Waals surface area (Å²) in [5.74, 6) is 0.632. The van der Waals surface area contributed by atoms with Gasteiger partial charge in [0.1, 0.15) is 0 Å². The molecule has 1 rings (SSSR count). The van der Waals surface area contributed by atoms with Crippen LogP contribution in [0.5, 0.6) is 0 Å². The molecular formula is C11H20N2O2. The van der Waals surface area contributed by atoms with Gasteiger partial charge in [0.15, 0.2) is 0 Å². The van der Waals surface area contributed by atoms with Gasteiger partial charge in [0.25, 0.3) is 0 Å². The molecule has 1 fully saturated rings. The minimum atomic E-state index is 0.0491. The van der Waals surface area contributed by atoms with Gasteiger partial charge in [0.05, 0.1) is 12.9 Å². The lowest BCUT2D eigenvalue weighted by atomic mass is 10.1. The molecule has 1 aliphatic rings. The summed E-state index contributed by atoms with van der Waals surface area (Å²) in [5, 5.41) is 2.82. The van der Waals surface area contributed by atoms with E-state index in [0.717, 1.165) is 6.42 Å². The van der Waals surface area contributed by atoms with E-state index in [1.807, 2.05) is 0 Å². The molecule has 4 heteroatoms. The molecule has 0 radical (unpaired) electrons. The van der Waals surface area contributed by atoms with Crippen LogP contribution in [-0.2, 0) is 9.53 Å². The highest BCUT2D eigenvalue weighted by atomic mass is 16.5. The van der Waals surface area contributed by atoms with Gasteiger partial charge in [0.2, 0.25) is 5.91 Å². The second-order valence-electron chi connectivity index (χ2n) is 3.95. The van der Waals surface area contributed by atoms with E-state index in [0.29, 0.717) is 25.5 Å². The summed E-state index contributed by atoms with van der Waals surface area (Å²) in [6, 6.07) is 0.0504. The van der Waals surface area contributed by atoms with Crippen LogP contribution < -0.4 is 11.1 Å². The zero-order valence-electron chi connectivity index (χ0n) is 9.08. The fourth-order valence-corrected chi connectivity index (χ4v) is 1.44. The van der Waals surface area contributed by atoms with Crippen LogP contribution in [0.1, 0.15) is 25.7 Å². The Morgan fingerprint density at radius 2 is 2.40 bits per heavy atom. The number of rotatable bonds is 8. The highest BCUT2D eigenvalue weighted by Gasteiger charge is 2.29. The molecule has 0 spiro atoms. The van der Waals surface area contributed by atoms with Crippen LogP contribution in [0.2, 0.25) is 0 Å². The summed E-state index contributed by atoms with van der Waals surface area (Å²) in [7, 11) is 0. The Morgan fingerprint density at radius 3 is 3.00 bits per heavy atom. The van der Waals surface area contributed by atoms with Crippen molar-refractivity contribution < 1.29 is 9.53 Å². The fraction of sp³-hybridized carbons (Fsp3) is 0.727. The molecule has 3 N–H and O–H groups in total. The van der Waals surface area contributed by atoms with Crippen molar-refractivity contribution in [3.05, 3.63) is 12.8 Å². The molecule has 86 valence electrons. The van der Waals surface area contributed by atoms with E-state index in [9.17, 15) is 4.79 Å². The van der Waals surface area contributed by atoms with E-state index in [1.54, 1.807) is 0 Å². The van der Waals surface area contributed by atoms with Crippen molar-refractivity contribution in [2.45, 2.75) is 31.7 Å². The standard InChI is InChI=1S/C11H20N2O2/c1-2-15-7-3-6-13-11(14)8-10(12)9-4-5-9/h2,9-10H,1,3-8,12H2,(H,13,14). The third kappa shape index (κ3) is 5.42. The molecule has 4 nitrogen and oxygen atoms in total. The first-order chi connectivity index (χ1) is 7.24. The molecule has 0 aromatic rings. The van der Waals surface area contributed by atoms with Crippen LogP contribution in [0.4, 0.5) is 0 Å². The summed E-state index contributed by atoms with van der Waals surface area (Å²) < 4.78 is 4.93. The van der Waals surface area contributed by atoms with Crippen molar-refractivity contribution in [3.8, 4) is 0 Å². The van der Waals surface area contributed by atoms with Crippen LogP contribution in [0, 0.1) is 5.92 Å². The minimum absolute atomic E-state index is 0.0491. The SMILES string of the molecule is C=COCCCNC(=O)CC(N)C1CC1. The molecule has 1 amide bonds. The Kier molecular flexibility index (Phi) is 5.18. The van der Waals surface area contributed by atoms with Crippen molar-refractivity contribution in [1.82, 2.24) is 5.32 Å². The van der Waals surface area contributed by atoms with E-state index in [4.69, 9.17) is 10.5 Å². The molecule has 0 saturated heterocycles. The van der Waals surface area contributed by atoms with Gasteiger partial charge in [-0.05, 0) is 25.2 Å². The van der Waals surface area contributed by atoms with Crippen LogP contribution in [0.3, 0.4) is 0 Å². The summed E-state index contributed by atoms with van der Waals surface area (Å²) >= 11 is 0. The van der Waals surface area contributed by atoms with Crippen molar-refractivity contribution in [3.63, 3.8) is 0 Å². The zero-order valence-corrected chi connectivity index (χ0v) is 9.08. The fourth-order valence-electron chi connectivity index (χ4n) is 1.44. The maximum Gasteiger partial charge on any atom is 0.221 e. The minimum Gasteiger partial charge on any atom is -0.502 e. The molecule has 0 aliphatic heterocycles. The summed E-state index contributed by atoms with van der Waals surface area (Å²) in [6.07, 6.45) is 5.03. The summed E-state index contributed by atoms with van der Waals surface area (Å²) in [6.45, 7) is 4.67. The average Bonchev–Trinajstić information content (AvgIpc) is 3.00. The number of nitrogens with two attached hydrogens (primary N) is 1. The molecule has 1 unspecified atom stereocenters. The third-order valence-electron chi connectivity index (χ3n) is 2.53. The van der Waals surface area contributed by atoms with Crippen molar-refractivity contribution in [2.24, 2.45) is 11.7 Å². The van der Waals surface area contributed by atoms with Crippen LogP contribution in [-0.4, -0.2) is 25.1 Å².